The predicted molar refractivity (Wildman–Crippen MR) is 213 cm³/mol. The maximum atomic E-state index is 14.0. The van der Waals surface area contributed by atoms with Gasteiger partial charge in [-0.2, -0.15) is 0 Å². The van der Waals surface area contributed by atoms with Gasteiger partial charge in [-0.25, -0.2) is 0 Å². The monoisotopic (exact) mass is 784 g/mol. The van der Waals surface area contributed by atoms with Crippen LogP contribution in [0, 0.1) is 5.41 Å². The largest absolute Gasteiger partial charge is 0.350 e. The number of nitrogens with one attached hydrogen (secondary N) is 7. The number of nitrogens with zero attached hydrogens (tertiary/aromatic N) is 2. The molecule has 312 valence electrons. The summed E-state index contributed by atoms with van der Waals surface area (Å²) in [5.41, 5.74) is -0.646. The summed E-state index contributed by atoms with van der Waals surface area (Å²) in [5.74, 6) is -2.48. The normalized spacial score (nSPS) is 20.7. The first kappa shape index (κ1) is 45.8. The van der Waals surface area contributed by atoms with Gasteiger partial charge in [-0.1, -0.05) is 40.2 Å². The molecule has 2 aliphatic rings. The van der Waals surface area contributed by atoms with Crippen molar-refractivity contribution in [3.63, 3.8) is 0 Å². The van der Waals surface area contributed by atoms with Crippen LogP contribution in [-0.2, 0) is 24.0 Å². The molecule has 0 spiro atoms. The third-order valence-electron chi connectivity index (χ3n) is 10.2. The van der Waals surface area contributed by atoms with Crippen LogP contribution in [0.15, 0.2) is 24.3 Å². The molecule has 7 atom stereocenters. The molecule has 1 aromatic rings. The van der Waals surface area contributed by atoms with Gasteiger partial charge in [-0.05, 0) is 91.6 Å². The zero-order valence-corrected chi connectivity index (χ0v) is 35.1. The maximum absolute atomic E-state index is 14.0. The second kappa shape index (κ2) is 19.5. The van der Waals surface area contributed by atoms with Gasteiger partial charge in [-0.15, -0.1) is 0 Å². The minimum absolute atomic E-state index is 0.0514. The van der Waals surface area contributed by atoms with Gasteiger partial charge in [0.25, 0.3) is 11.8 Å². The van der Waals surface area contributed by atoms with Gasteiger partial charge < -0.3 is 47.0 Å². The van der Waals surface area contributed by atoms with Gasteiger partial charge in [0.1, 0.15) is 18.1 Å². The van der Waals surface area contributed by atoms with E-state index >= 15 is 0 Å². The summed E-state index contributed by atoms with van der Waals surface area (Å²) in [6, 6.07) is 1.85. The molecule has 3 rings (SSSR count). The van der Waals surface area contributed by atoms with Crippen LogP contribution >= 0.6 is 0 Å². The van der Waals surface area contributed by atoms with Crippen LogP contribution in [-0.4, -0.2) is 133 Å². The van der Waals surface area contributed by atoms with Crippen LogP contribution in [0.25, 0.3) is 0 Å². The second-order valence-corrected chi connectivity index (χ2v) is 17.2. The molecule has 0 aromatic heterocycles. The highest BCUT2D eigenvalue weighted by atomic mass is 16.2. The molecule has 7 amide bonds. The highest BCUT2D eigenvalue weighted by Crippen LogP contribution is 2.25. The molecule has 0 bridgehead atoms. The Morgan fingerprint density at radius 2 is 1.34 bits per heavy atom. The van der Waals surface area contributed by atoms with E-state index in [2.05, 4.69) is 37.2 Å². The Balaban J connectivity index is 1.71. The van der Waals surface area contributed by atoms with Crippen LogP contribution in [0.3, 0.4) is 0 Å². The van der Waals surface area contributed by atoms with Gasteiger partial charge in [0.2, 0.25) is 29.5 Å². The first-order valence-corrected chi connectivity index (χ1v) is 19.7. The molecule has 0 aliphatic carbocycles. The van der Waals surface area contributed by atoms with E-state index in [1.165, 1.54) is 11.0 Å². The first-order valence-electron chi connectivity index (χ1n) is 19.7. The summed E-state index contributed by atoms with van der Waals surface area (Å²) >= 11 is 0. The van der Waals surface area contributed by atoms with E-state index in [-0.39, 0.29) is 60.3 Å². The highest BCUT2D eigenvalue weighted by Gasteiger charge is 2.43. The van der Waals surface area contributed by atoms with Crippen molar-refractivity contribution < 1.29 is 33.6 Å². The van der Waals surface area contributed by atoms with Gasteiger partial charge in [0, 0.05) is 48.4 Å². The van der Waals surface area contributed by atoms with Crippen molar-refractivity contribution in [1.29, 1.82) is 0 Å². The van der Waals surface area contributed by atoms with E-state index in [1.807, 2.05) is 48.5 Å². The Bertz CT molecular complexity index is 1600. The van der Waals surface area contributed by atoms with Crippen LogP contribution in [0.4, 0.5) is 0 Å². The quantitative estimate of drug-likeness (QED) is 0.133. The number of likely N-dealkylation sites (N-methyl/N-ethyl adjacent to an activating group) is 2. The van der Waals surface area contributed by atoms with Gasteiger partial charge in [0.15, 0.2) is 0 Å². The van der Waals surface area contributed by atoms with Crippen molar-refractivity contribution in [3.8, 4) is 0 Å². The van der Waals surface area contributed by atoms with E-state index in [1.54, 1.807) is 51.0 Å². The van der Waals surface area contributed by atoms with Crippen LogP contribution < -0.4 is 37.2 Å². The fourth-order valence-electron chi connectivity index (χ4n) is 6.71. The number of rotatable bonds is 15. The lowest BCUT2D eigenvalue weighted by atomic mass is 9.85. The van der Waals surface area contributed by atoms with Crippen molar-refractivity contribution in [2.45, 2.75) is 136 Å². The smallest absolute Gasteiger partial charge is 0.251 e. The van der Waals surface area contributed by atoms with E-state index in [0.29, 0.717) is 25.8 Å². The number of benzene rings is 1. The third-order valence-corrected chi connectivity index (χ3v) is 10.2. The SMILES string of the molecule is CCC[C@H](NC(=O)C(C)NC)C(=O)N1CC(NC(=O)c2cccc(C(=O)N[C@H]3CCN(C(=O)C(NC(=O)[C@H](C)NC)C(C)(C)C)C3)c2)CC1C(=O)NC(C)(C)C. The van der Waals surface area contributed by atoms with E-state index in [4.69, 9.17) is 0 Å². The number of amides is 7. The lowest BCUT2D eigenvalue weighted by molar-refractivity contribution is -0.142. The zero-order chi connectivity index (χ0) is 42.1. The molecule has 0 radical (unpaired) electrons. The maximum Gasteiger partial charge on any atom is 0.251 e. The Hall–Kier alpha value is -4.57. The highest BCUT2D eigenvalue weighted by molar-refractivity contribution is 6.00. The molecular weight excluding hydrogens is 718 g/mol. The first-order chi connectivity index (χ1) is 26.1. The molecule has 2 saturated heterocycles. The molecule has 0 saturated carbocycles. The molecule has 2 aliphatic heterocycles. The standard InChI is InChI=1S/C40H65N9O7/c1-12-14-29(45-32(50)23(2)41-10)37(55)49-22-28(20-30(49)36(54)47-40(7,8)9)44-35(53)26-16-13-15-25(19-26)34(52)43-27-17-18-48(21-27)38(56)31(39(4,5)6)46-33(51)24(3)42-11/h13,15-16,19,23-24,27-31,41-42H,12,14,17-18,20-22H2,1-11H3,(H,43,52)(H,44,53)(H,45,50)(H,46,51)(H,47,54)/t23?,24-,27-,28?,29-,30?,31?/m0/s1. The lowest BCUT2D eigenvalue weighted by Gasteiger charge is -2.34. The molecule has 16 heteroatoms. The number of hydrogen-bond donors (Lipinski definition) is 7. The minimum atomic E-state index is -0.883. The Kier molecular flexibility index (Phi) is 16.0. The van der Waals surface area contributed by atoms with Crippen molar-refractivity contribution in [2.75, 3.05) is 33.7 Å². The minimum Gasteiger partial charge on any atom is -0.350 e. The second-order valence-electron chi connectivity index (χ2n) is 17.2. The van der Waals surface area contributed by atoms with Crippen LogP contribution in [0.2, 0.25) is 0 Å². The molecular formula is C40H65N9O7. The number of carbonyl (C=O) groups is 7. The van der Waals surface area contributed by atoms with Crippen molar-refractivity contribution >= 4 is 41.4 Å². The predicted octanol–water partition coefficient (Wildman–Crippen LogP) is 0.663. The third kappa shape index (κ3) is 12.5. The Morgan fingerprint density at radius 1 is 0.786 bits per heavy atom. The topological polar surface area (TPSA) is 210 Å². The van der Waals surface area contributed by atoms with E-state index < -0.39 is 64.9 Å². The summed E-state index contributed by atoms with van der Waals surface area (Å²) in [7, 11) is 3.32. The average molecular weight is 784 g/mol. The number of carbonyl (C=O) groups excluding carboxylic acids is 7. The number of hydrogen-bond acceptors (Lipinski definition) is 9. The summed E-state index contributed by atoms with van der Waals surface area (Å²) in [6.07, 6.45) is 1.67. The van der Waals surface area contributed by atoms with Gasteiger partial charge in [-0.3, -0.25) is 33.6 Å². The summed E-state index contributed by atoms with van der Waals surface area (Å²) < 4.78 is 0. The Morgan fingerprint density at radius 3 is 1.86 bits per heavy atom. The summed E-state index contributed by atoms with van der Waals surface area (Å²) in [6.45, 7) is 17.2. The van der Waals surface area contributed by atoms with Crippen molar-refractivity contribution in [1.82, 2.24) is 47.0 Å². The molecule has 16 nitrogen and oxygen atoms in total. The Labute approximate surface area is 331 Å². The van der Waals surface area contributed by atoms with Gasteiger partial charge in [0.05, 0.1) is 12.1 Å². The van der Waals surface area contributed by atoms with Crippen LogP contribution in [0.1, 0.15) is 109 Å². The molecule has 2 heterocycles. The fourth-order valence-corrected chi connectivity index (χ4v) is 6.71. The summed E-state index contributed by atoms with van der Waals surface area (Å²) in [5, 5.41) is 20.3. The number of likely N-dealkylation sites (tertiary alicyclic amines) is 2. The van der Waals surface area contributed by atoms with Crippen molar-refractivity contribution in [2.24, 2.45) is 5.41 Å². The van der Waals surface area contributed by atoms with Crippen molar-refractivity contribution in [3.05, 3.63) is 35.4 Å². The lowest BCUT2D eigenvalue weighted by Crippen LogP contribution is -2.57. The average Bonchev–Trinajstić information content (AvgIpc) is 3.78. The van der Waals surface area contributed by atoms with E-state index in [9.17, 15) is 33.6 Å². The summed E-state index contributed by atoms with van der Waals surface area (Å²) in [4.78, 5) is 96.5. The molecule has 2 fully saturated rings. The molecule has 56 heavy (non-hydrogen) atoms. The van der Waals surface area contributed by atoms with E-state index in [0.717, 1.165) is 0 Å². The van der Waals surface area contributed by atoms with Crippen LogP contribution in [0.5, 0.6) is 0 Å². The zero-order valence-electron chi connectivity index (χ0n) is 35.1. The molecule has 4 unspecified atom stereocenters. The van der Waals surface area contributed by atoms with Gasteiger partial charge >= 0.3 is 0 Å². The molecule has 1 aromatic carbocycles. The fraction of sp³-hybridized carbons (Fsp3) is 0.675. The molecule has 7 N–H and O–H groups in total.